The Bertz CT molecular complexity index is 763. The van der Waals surface area contributed by atoms with Gasteiger partial charge in [-0.05, 0) is 24.3 Å². The number of anilines is 1. The van der Waals surface area contributed by atoms with E-state index in [1.54, 1.807) is 0 Å². The van der Waals surface area contributed by atoms with Crippen molar-refractivity contribution < 1.29 is 0 Å². The summed E-state index contributed by atoms with van der Waals surface area (Å²) >= 11 is 0. The van der Waals surface area contributed by atoms with E-state index >= 15 is 0 Å². The van der Waals surface area contributed by atoms with Crippen LogP contribution in [0, 0.1) is 11.3 Å². The number of rotatable bonds is 3. The van der Waals surface area contributed by atoms with Crippen molar-refractivity contribution in [1.29, 1.82) is 5.26 Å². The summed E-state index contributed by atoms with van der Waals surface area (Å²) < 4.78 is 0. The smallest absolute Gasteiger partial charge is 0.203 e. The number of H-pyrrole nitrogens is 1. The third kappa shape index (κ3) is 2.35. The molecule has 5 heteroatoms. The molecule has 0 bridgehead atoms. The molecule has 96 valence electrons. The second-order valence-electron chi connectivity index (χ2n) is 4.15. The summed E-state index contributed by atoms with van der Waals surface area (Å²) in [6.45, 7) is 0. The van der Waals surface area contributed by atoms with E-state index in [1.807, 2.05) is 60.7 Å². The van der Waals surface area contributed by atoms with Gasteiger partial charge < -0.3 is 4.98 Å². The van der Waals surface area contributed by atoms with E-state index in [4.69, 9.17) is 0 Å². The van der Waals surface area contributed by atoms with E-state index in [-0.39, 0.29) is 5.71 Å². The fourth-order valence-corrected chi connectivity index (χ4v) is 1.83. The predicted molar refractivity (Wildman–Crippen MR) is 78.3 cm³/mol. The molecule has 0 unspecified atom stereocenters. The molecule has 5 nitrogen and oxygen atoms in total. The van der Waals surface area contributed by atoms with Crippen LogP contribution in [0.15, 0.2) is 59.7 Å². The quantitative estimate of drug-likeness (QED) is 0.562. The molecular weight excluding hydrogens is 250 g/mol. The number of hydrazone groups is 1. The second-order valence-corrected chi connectivity index (χ2v) is 4.15. The Hall–Kier alpha value is -3.13. The third-order valence-electron chi connectivity index (χ3n) is 2.79. The average Bonchev–Trinajstić information content (AvgIpc) is 2.92. The molecule has 3 aromatic rings. The van der Waals surface area contributed by atoms with Gasteiger partial charge in [0.05, 0.1) is 16.7 Å². The van der Waals surface area contributed by atoms with Gasteiger partial charge in [0.15, 0.2) is 5.82 Å². The van der Waals surface area contributed by atoms with Crippen LogP contribution in [-0.2, 0) is 0 Å². The van der Waals surface area contributed by atoms with E-state index < -0.39 is 0 Å². The van der Waals surface area contributed by atoms with E-state index in [0.717, 1.165) is 16.7 Å². The number of fused-ring (bicyclic) bond motifs is 1. The number of aromatic nitrogens is 2. The van der Waals surface area contributed by atoms with Gasteiger partial charge >= 0.3 is 0 Å². The molecular formula is C15H11N5. The Kier molecular flexibility index (Phi) is 3.13. The minimum absolute atomic E-state index is 0.213. The van der Waals surface area contributed by atoms with Crippen molar-refractivity contribution in [3.63, 3.8) is 0 Å². The van der Waals surface area contributed by atoms with E-state index in [1.165, 1.54) is 0 Å². The molecule has 0 radical (unpaired) electrons. The number of benzene rings is 2. The van der Waals surface area contributed by atoms with Gasteiger partial charge in [0, 0.05) is 0 Å². The minimum Gasteiger partial charge on any atom is -0.336 e. The first kappa shape index (κ1) is 11.9. The van der Waals surface area contributed by atoms with E-state index in [2.05, 4.69) is 20.5 Å². The molecule has 3 rings (SSSR count). The van der Waals surface area contributed by atoms with Crippen molar-refractivity contribution >= 4 is 22.4 Å². The molecule has 0 aliphatic heterocycles. The monoisotopic (exact) mass is 261 g/mol. The normalized spacial score (nSPS) is 11.2. The molecule has 0 saturated carbocycles. The Morgan fingerprint density at radius 2 is 1.85 bits per heavy atom. The van der Waals surface area contributed by atoms with Crippen LogP contribution in [0.5, 0.6) is 0 Å². The molecule has 0 saturated heterocycles. The summed E-state index contributed by atoms with van der Waals surface area (Å²) in [7, 11) is 0. The van der Waals surface area contributed by atoms with Gasteiger partial charge in [-0.3, -0.25) is 5.43 Å². The number of hydrogen-bond acceptors (Lipinski definition) is 4. The van der Waals surface area contributed by atoms with Gasteiger partial charge in [0.25, 0.3) is 0 Å². The first-order chi connectivity index (χ1) is 9.86. The molecule has 0 spiro atoms. The molecule has 20 heavy (non-hydrogen) atoms. The topological polar surface area (TPSA) is 76.9 Å². The largest absolute Gasteiger partial charge is 0.336 e. The van der Waals surface area contributed by atoms with Crippen LogP contribution in [0.1, 0.15) is 5.82 Å². The van der Waals surface area contributed by atoms with Crippen LogP contribution in [0.4, 0.5) is 5.69 Å². The standard InChI is InChI=1S/C15H11N5/c16-10-14(20-19-11-6-2-1-3-7-11)15-17-12-8-4-5-9-13(12)18-15/h1-9,19H,(H,17,18)/b20-14+. The molecule has 2 aromatic carbocycles. The zero-order chi connectivity index (χ0) is 13.8. The van der Waals surface area contributed by atoms with Crippen molar-refractivity contribution in [2.24, 2.45) is 5.10 Å². The maximum absolute atomic E-state index is 9.20. The number of nitrogens with one attached hydrogen (secondary N) is 2. The first-order valence-corrected chi connectivity index (χ1v) is 6.11. The number of nitriles is 1. The summed E-state index contributed by atoms with van der Waals surface area (Å²) in [6, 6.07) is 19.1. The maximum atomic E-state index is 9.20. The molecule has 0 aliphatic carbocycles. The summed E-state index contributed by atoms with van der Waals surface area (Å²) in [4.78, 5) is 7.43. The maximum Gasteiger partial charge on any atom is 0.203 e. The lowest BCUT2D eigenvalue weighted by Crippen LogP contribution is -2.03. The number of hydrogen-bond donors (Lipinski definition) is 2. The number of imidazole rings is 1. The van der Waals surface area contributed by atoms with E-state index in [0.29, 0.717) is 5.82 Å². The molecule has 2 N–H and O–H groups in total. The van der Waals surface area contributed by atoms with Crippen molar-refractivity contribution in [3.8, 4) is 6.07 Å². The Morgan fingerprint density at radius 1 is 1.10 bits per heavy atom. The SMILES string of the molecule is N#C/C(=N\Nc1ccccc1)c1nc2ccccc2[nH]1. The van der Waals surface area contributed by atoms with Gasteiger partial charge in [-0.25, -0.2) is 4.98 Å². The van der Waals surface area contributed by atoms with Crippen LogP contribution >= 0.6 is 0 Å². The van der Waals surface area contributed by atoms with Crippen molar-refractivity contribution in [1.82, 2.24) is 9.97 Å². The Balaban J connectivity index is 1.91. The second kappa shape index (κ2) is 5.24. The van der Waals surface area contributed by atoms with Crippen LogP contribution in [0.2, 0.25) is 0 Å². The van der Waals surface area contributed by atoms with Crippen LogP contribution in [-0.4, -0.2) is 15.7 Å². The van der Waals surface area contributed by atoms with Crippen LogP contribution in [0.3, 0.4) is 0 Å². The van der Waals surface area contributed by atoms with Crippen LogP contribution in [0.25, 0.3) is 11.0 Å². The highest BCUT2D eigenvalue weighted by molar-refractivity contribution is 6.10. The van der Waals surface area contributed by atoms with E-state index in [9.17, 15) is 5.26 Å². The van der Waals surface area contributed by atoms with Crippen molar-refractivity contribution in [3.05, 3.63) is 60.4 Å². The Morgan fingerprint density at radius 3 is 2.60 bits per heavy atom. The highest BCUT2D eigenvalue weighted by Gasteiger charge is 2.08. The third-order valence-corrected chi connectivity index (χ3v) is 2.79. The molecule has 0 aliphatic rings. The molecule has 1 heterocycles. The minimum atomic E-state index is 0.213. The fourth-order valence-electron chi connectivity index (χ4n) is 1.83. The number of para-hydroxylation sites is 3. The van der Waals surface area contributed by atoms with Gasteiger partial charge in [0.2, 0.25) is 5.71 Å². The first-order valence-electron chi connectivity index (χ1n) is 6.11. The summed E-state index contributed by atoms with van der Waals surface area (Å²) in [6.07, 6.45) is 0. The zero-order valence-electron chi connectivity index (χ0n) is 10.5. The molecule has 1 aromatic heterocycles. The predicted octanol–water partition coefficient (Wildman–Crippen LogP) is 2.90. The molecule has 0 atom stereocenters. The van der Waals surface area contributed by atoms with Gasteiger partial charge in [-0.15, -0.1) is 0 Å². The summed E-state index contributed by atoms with van der Waals surface area (Å²) in [5.74, 6) is 0.456. The molecule has 0 fully saturated rings. The average molecular weight is 261 g/mol. The van der Waals surface area contributed by atoms with Gasteiger partial charge in [-0.2, -0.15) is 10.4 Å². The number of nitrogens with zero attached hydrogens (tertiary/aromatic N) is 3. The summed E-state index contributed by atoms with van der Waals surface area (Å²) in [5, 5.41) is 13.3. The summed E-state index contributed by atoms with van der Waals surface area (Å²) in [5.41, 5.74) is 5.56. The highest BCUT2D eigenvalue weighted by atomic mass is 15.3. The molecule has 0 amide bonds. The Labute approximate surface area is 115 Å². The van der Waals surface area contributed by atoms with Gasteiger partial charge in [0.1, 0.15) is 6.07 Å². The van der Waals surface area contributed by atoms with Crippen molar-refractivity contribution in [2.45, 2.75) is 0 Å². The number of aromatic amines is 1. The lowest BCUT2D eigenvalue weighted by atomic mass is 10.3. The lowest BCUT2D eigenvalue weighted by molar-refractivity contribution is 1.25. The van der Waals surface area contributed by atoms with Crippen molar-refractivity contribution in [2.75, 3.05) is 5.43 Å². The highest BCUT2D eigenvalue weighted by Crippen LogP contribution is 2.11. The van der Waals surface area contributed by atoms with Gasteiger partial charge in [-0.1, -0.05) is 30.3 Å². The fraction of sp³-hybridized carbons (Fsp3) is 0. The van der Waals surface area contributed by atoms with Crippen LogP contribution < -0.4 is 5.43 Å². The zero-order valence-corrected chi connectivity index (χ0v) is 10.5. The lowest BCUT2D eigenvalue weighted by Gasteiger charge is -1.99.